The number of aromatic nitrogens is 2. The van der Waals surface area contributed by atoms with E-state index in [1.54, 1.807) is 54.3 Å². The van der Waals surface area contributed by atoms with Crippen LogP contribution in [0.2, 0.25) is 0 Å². The van der Waals surface area contributed by atoms with Crippen LogP contribution in [0.25, 0.3) is 0 Å². The molecule has 1 heterocycles. The number of halogens is 3. The molecule has 4 rings (SSSR count). The molecule has 4 aromatic rings. The van der Waals surface area contributed by atoms with E-state index in [0.717, 1.165) is 12.1 Å². The fraction of sp³-hybridized carbons (Fsp3) is 0.115. The van der Waals surface area contributed by atoms with Crippen LogP contribution in [0.3, 0.4) is 0 Å². The monoisotopic (exact) mass is 587 g/mol. The number of carbonyl (C=O) groups is 2. The molecule has 0 fully saturated rings. The summed E-state index contributed by atoms with van der Waals surface area (Å²) in [5.41, 5.74) is 7.19. The summed E-state index contributed by atoms with van der Waals surface area (Å²) < 4.78 is 37.1. The van der Waals surface area contributed by atoms with E-state index in [1.807, 2.05) is 22.6 Å². The van der Waals surface area contributed by atoms with Crippen molar-refractivity contribution in [3.63, 3.8) is 0 Å². The maximum absolute atomic E-state index is 14.5. The highest BCUT2D eigenvalue weighted by Crippen LogP contribution is 2.31. The summed E-state index contributed by atoms with van der Waals surface area (Å²) in [4.78, 5) is 28.9. The van der Waals surface area contributed by atoms with Gasteiger partial charge in [-0.3, -0.25) is 9.59 Å². The molecule has 2 N–H and O–H groups in total. The van der Waals surface area contributed by atoms with Crippen molar-refractivity contribution in [3.05, 3.63) is 110 Å². The molecule has 178 valence electrons. The number of hydrogen-bond donors (Lipinski definition) is 1. The first-order valence-corrected chi connectivity index (χ1v) is 11.6. The van der Waals surface area contributed by atoms with Gasteiger partial charge in [0.1, 0.15) is 28.8 Å². The van der Waals surface area contributed by atoms with Crippen molar-refractivity contribution in [2.45, 2.75) is 12.8 Å². The Hall–Kier alpha value is -3.60. The van der Waals surface area contributed by atoms with Crippen LogP contribution in [0.1, 0.15) is 37.5 Å². The quantitative estimate of drug-likeness (QED) is 0.227. The number of benzene rings is 3. The summed E-state index contributed by atoms with van der Waals surface area (Å²) in [6.07, 6.45) is 3.09. The molecule has 0 aliphatic carbocycles. The lowest BCUT2D eigenvalue weighted by Crippen LogP contribution is -2.16. The average Bonchev–Trinajstić information content (AvgIpc) is 3.21. The average molecular weight is 587 g/mol. The molecule has 1 amide bonds. The minimum absolute atomic E-state index is 0.0410. The van der Waals surface area contributed by atoms with Crippen molar-refractivity contribution < 1.29 is 23.1 Å². The van der Waals surface area contributed by atoms with Gasteiger partial charge in [0.15, 0.2) is 5.78 Å². The highest BCUT2D eigenvalue weighted by Gasteiger charge is 2.20. The highest BCUT2D eigenvalue weighted by molar-refractivity contribution is 14.1. The number of amides is 1. The van der Waals surface area contributed by atoms with Gasteiger partial charge in [0, 0.05) is 29.5 Å². The SMILES string of the molecule is Cn1cncc1C(=O)Cc1cccc(Oc2cc(F)cc(Cc3ccc(I)cc3F)c2C(N)=O)c1. The molecule has 1 aromatic heterocycles. The Kier molecular flexibility index (Phi) is 7.25. The Morgan fingerprint density at radius 2 is 1.89 bits per heavy atom. The third-order valence-electron chi connectivity index (χ3n) is 5.38. The number of ketones is 1. The van der Waals surface area contributed by atoms with Crippen molar-refractivity contribution in [2.24, 2.45) is 12.8 Å². The molecule has 35 heavy (non-hydrogen) atoms. The topological polar surface area (TPSA) is 87.2 Å². The van der Waals surface area contributed by atoms with Crippen molar-refractivity contribution in [1.82, 2.24) is 9.55 Å². The lowest BCUT2D eigenvalue weighted by molar-refractivity contribution is 0.0981. The van der Waals surface area contributed by atoms with Crippen LogP contribution in [-0.4, -0.2) is 21.2 Å². The van der Waals surface area contributed by atoms with Crippen LogP contribution in [0, 0.1) is 15.2 Å². The molecule has 6 nitrogen and oxygen atoms in total. The zero-order valence-corrected chi connectivity index (χ0v) is 20.8. The zero-order chi connectivity index (χ0) is 25.1. The number of rotatable bonds is 8. The summed E-state index contributed by atoms with van der Waals surface area (Å²) in [6, 6.07) is 13.5. The van der Waals surface area contributed by atoms with E-state index < -0.39 is 17.5 Å². The third kappa shape index (κ3) is 5.73. The summed E-state index contributed by atoms with van der Waals surface area (Å²) in [5.74, 6) is -1.89. The lowest BCUT2D eigenvalue weighted by atomic mass is 9.98. The van der Waals surface area contributed by atoms with Gasteiger partial charge >= 0.3 is 0 Å². The predicted octanol–water partition coefficient (Wildman–Crippen LogP) is 5.21. The smallest absolute Gasteiger partial charge is 0.252 e. The molecule has 0 bridgehead atoms. The number of Topliss-reactive ketones (excluding diaryl/α,β-unsaturated/α-hetero) is 1. The van der Waals surface area contributed by atoms with Gasteiger partial charge in [-0.2, -0.15) is 0 Å². The van der Waals surface area contributed by atoms with Crippen molar-refractivity contribution in [3.8, 4) is 11.5 Å². The zero-order valence-electron chi connectivity index (χ0n) is 18.6. The number of ether oxygens (including phenoxy) is 1. The van der Waals surface area contributed by atoms with Gasteiger partial charge in [-0.25, -0.2) is 13.8 Å². The molecule has 0 saturated carbocycles. The van der Waals surface area contributed by atoms with Gasteiger partial charge in [0.05, 0.1) is 18.1 Å². The summed E-state index contributed by atoms with van der Waals surface area (Å²) in [5, 5.41) is 0. The first kappa shape index (κ1) is 24.5. The van der Waals surface area contributed by atoms with Gasteiger partial charge in [0.2, 0.25) is 0 Å². The summed E-state index contributed by atoms with van der Waals surface area (Å²) >= 11 is 1.99. The highest BCUT2D eigenvalue weighted by atomic mass is 127. The van der Waals surface area contributed by atoms with Crippen LogP contribution in [0.15, 0.2) is 67.1 Å². The predicted molar refractivity (Wildman–Crippen MR) is 135 cm³/mol. The summed E-state index contributed by atoms with van der Waals surface area (Å²) in [6.45, 7) is 0. The summed E-state index contributed by atoms with van der Waals surface area (Å²) in [7, 11) is 1.73. The molecule has 0 aliphatic heterocycles. The normalized spacial score (nSPS) is 10.9. The largest absolute Gasteiger partial charge is 0.456 e. The van der Waals surface area contributed by atoms with E-state index in [0.29, 0.717) is 26.1 Å². The van der Waals surface area contributed by atoms with Crippen LogP contribution in [-0.2, 0) is 19.9 Å². The lowest BCUT2D eigenvalue weighted by Gasteiger charge is -2.15. The number of carbonyl (C=O) groups excluding carboxylic acids is 2. The number of aryl methyl sites for hydroxylation is 1. The standard InChI is InChI=1S/C26H20F2IN3O3/c1-32-14-31-13-22(32)23(33)8-15-3-2-4-20(7-15)35-24-11-18(27)10-17(25(24)26(30)34)9-16-5-6-19(29)12-21(16)28/h2-7,10-14H,8-9H2,1H3,(H2,30,34). The van der Waals surface area contributed by atoms with Crippen molar-refractivity contribution in [2.75, 3.05) is 0 Å². The van der Waals surface area contributed by atoms with E-state index >= 15 is 0 Å². The van der Waals surface area contributed by atoms with Crippen LogP contribution < -0.4 is 10.5 Å². The van der Waals surface area contributed by atoms with Crippen molar-refractivity contribution in [1.29, 1.82) is 0 Å². The Balaban J connectivity index is 1.64. The number of primary amides is 1. The Morgan fingerprint density at radius 1 is 1.09 bits per heavy atom. The molecule has 0 atom stereocenters. The number of hydrogen-bond acceptors (Lipinski definition) is 4. The first-order valence-electron chi connectivity index (χ1n) is 10.5. The van der Waals surface area contributed by atoms with Crippen LogP contribution >= 0.6 is 22.6 Å². The van der Waals surface area contributed by atoms with Crippen LogP contribution in [0.4, 0.5) is 8.78 Å². The first-order chi connectivity index (χ1) is 16.7. The Morgan fingerprint density at radius 3 is 2.57 bits per heavy atom. The molecule has 3 aromatic carbocycles. The van der Waals surface area contributed by atoms with E-state index in [-0.39, 0.29) is 35.5 Å². The molecule has 0 unspecified atom stereocenters. The van der Waals surface area contributed by atoms with Crippen molar-refractivity contribution >= 4 is 34.3 Å². The van der Waals surface area contributed by atoms with E-state index in [4.69, 9.17) is 10.5 Å². The van der Waals surface area contributed by atoms with Crippen LogP contribution in [0.5, 0.6) is 11.5 Å². The fourth-order valence-corrected chi connectivity index (χ4v) is 4.21. The molecule has 0 aliphatic rings. The second kappa shape index (κ2) is 10.3. The number of nitrogens with two attached hydrogens (primary N) is 1. The van der Waals surface area contributed by atoms with Gasteiger partial charge in [-0.1, -0.05) is 18.2 Å². The van der Waals surface area contributed by atoms with Gasteiger partial charge < -0.3 is 15.0 Å². The minimum Gasteiger partial charge on any atom is -0.456 e. The third-order valence-corrected chi connectivity index (χ3v) is 6.06. The molecule has 0 radical (unpaired) electrons. The fourth-order valence-electron chi connectivity index (χ4n) is 3.75. The second-order valence-electron chi connectivity index (χ2n) is 7.95. The molecule has 0 saturated heterocycles. The number of nitrogens with zero attached hydrogens (tertiary/aromatic N) is 2. The molecular formula is C26H20F2IN3O3. The van der Waals surface area contributed by atoms with E-state index in [2.05, 4.69) is 4.98 Å². The van der Waals surface area contributed by atoms with Gasteiger partial charge in [-0.15, -0.1) is 0 Å². The van der Waals surface area contributed by atoms with Gasteiger partial charge in [-0.05, 0) is 69.6 Å². The van der Waals surface area contributed by atoms with E-state index in [9.17, 15) is 18.4 Å². The number of imidazole rings is 1. The molecular weight excluding hydrogens is 567 g/mol. The maximum atomic E-state index is 14.5. The second-order valence-corrected chi connectivity index (χ2v) is 9.20. The molecule has 9 heteroatoms. The Labute approximate surface area is 213 Å². The molecule has 0 spiro atoms. The van der Waals surface area contributed by atoms with Gasteiger partial charge in [0.25, 0.3) is 5.91 Å². The van der Waals surface area contributed by atoms with E-state index in [1.165, 1.54) is 12.3 Å². The maximum Gasteiger partial charge on any atom is 0.252 e. The Bertz CT molecular complexity index is 1440. The minimum atomic E-state index is -0.830.